The zero-order chi connectivity index (χ0) is 14.8. The lowest BCUT2D eigenvalue weighted by Gasteiger charge is -2.07. The molecule has 2 heterocycles. The Hall–Kier alpha value is -2.34. The number of hydrogen-bond acceptors (Lipinski definition) is 3. The van der Waals surface area contributed by atoms with Crippen molar-refractivity contribution in [2.45, 2.75) is 6.54 Å². The maximum Gasteiger partial charge on any atom is 0.350 e. The van der Waals surface area contributed by atoms with Gasteiger partial charge in [-0.1, -0.05) is 17.7 Å². The number of benzene rings is 1. The van der Waals surface area contributed by atoms with Crippen LogP contribution < -0.4 is 11.0 Å². The number of pyridine rings is 1. The smallest absolute Gasteiger partial charge is 0.350 e. The summed E-state index contributed by atoms with van der Waals surface area (Å²) in [5, 5.41) is 7.45. The van der Waals surface area contributed by atoms with Gasteiger partial charge in [-0.05, 0) is 30.3 Å². The molecule has 21 heavy (non-hydrogen) atoms. The molecule has 5 nitrogen and oxygen atoms in total. The third kappa shape index (κ3) is 2.75. The number of nitrogens with zero attached hydrogens (tertiary/aromatic N) is 3. The summed E-state index contributed by atoms with van der Waals surface area (Å²) in [6.07, 6.45) is 1.66. The number of anilines is 1. The van der Waals surface area contributed by atoms with Crippen LogP contribution in [0.3, 0.4) is 0 Å². The SMILES string of the molecule is O=c1n(CCNc2ccc(Cl)cc2F)nc2ccccn12. The standard InChI is InChI=1S/C14H12ClFN4O/c15-10-4-5-12(11(16)9-10)17-6-8-20-14(21)19-7-2-1-3-13(19)18-20/h1-5,7,9,17H,6,8H2. The molecule has 0 aliphatic heterocycles. The third-order valence-corrected chi connectivity index (χ3v) is 3.29. The van der Waals surface area contributed by atoms with Gasteiger partial charge in [0.25, 0.3) is 0 Å². The summed E-state index contributed by atoms with van der Waals surface area (Å²) in [6.45, 7) is 0.713. The predicted octanol–water partition coefficient (Wildman–Crippen LogP) is 2.40. The molecule has 0 saturated heterocycles. The van der Waals surface area contributed by atoms with Gasteiger partial charge in [0.1, 0.15) is 5.82 Å². The second-order valence-electron chi connectivity index (χ2n) is 4.49. The van der Waals surface area contributed by atoms with Crippen molar-refractivity contribution in [1.29, 1.82) is 0 Å². The Morgan fingerprint density at radius 2 is 2.14 bits per heavy atom. The fraction of sp³-hybridized carbons (Fsp3) is 0.143. The second kappa shape index (κ2) is 5.57. The number of rotatable bonds is 4. The van der Waals surface area contributed by atoms with Gasteiger partial charge >= 0.3 is 5.69 Å². The fourth-order valence-electron chi connectivity index (χ4n) is 2.04. The molecule has 0 aliphatic carbocycles. The van der Waals surface area contributed by atoms with Gasteiger partial charge in [0, 0.05) is 17.8 Å². The van der Waals surface area contributed by atoms with Crippen LogP contribution in [-0.2, 0) is 6.54 Å². The van der Waals surface area contributed by atoms with Gasteiger partial charge in [-0.3, -0.25) is 4.40 Å². The number of fused-ring (bicyclic) bond motifs is 1. The highest BCUT2D eigenvalue weighted by Crippen LogP contribution is 2.18. The van der Waals surface area contributed by atoms with Crippen molar-refractivity contribution in [3.8, 4) is 0 Å². The van der Waals surface area contributed by atoms with Gasteiger partial charge in [-0.2, -0.15) is 0 Å². The molecule has 1 aromatic carbocycles. The molecule has 0 unspecified atom stereocenters. The number of hydrogen-bond donors (Lipinski definition) is 1. The van der Waals surface area contributed by atoms with E-state index in [-0.39, 0.29) is 5.69 Å². The van der Waals surface area contributed by atoms with Crippen LogP contribution in [-0.4, -0.2) is 20.7 Å². The van der Waals surface area contributed by atoms with Gasteiger partial charge in [-0.25, -0.2) is 13.9 Å². The minimum absolute atomic E-state index is 0.219. The summed E-state index contributed by atoms with van der Waals surface area (Å²) in [7, 11) is 0. The Morgan fingerprint density at radius 1 is 1.29 bits per heavy atom. The predicted molar refractivity (Wildman–Crippen MR) is 79.4 cm³/mol. The lowest BCUT2D eigenvalue weighted by Crippen LogP contribution is -2.24. The first-order valence-corrected chi connectivity index (χ1v) is 6.76. The minimum atomic E-state index is -0.426. The topological polar surface area (TPSA) is 51.3 Å². The zero-order valence-electron chi connectivity index (χ0n) is 11.0. The van der Waals surface area contributed by atoms with E-state index in [1.165, 1.54) is 15.1 Å². The highest BCUT2D eigenvalue weighted by molar-refractivity contribution is 6.30. The molecule has 3 aromatic rings. The van der Waals surface area contributed by atoms with E-state index in [4.69, 9.17) is 11.6 Å². The maximum absolute atomic E-state index is 13.6. The quantitative estimate of drug-likeness (QED) is 0.805. The summed E-state index contributed by atoms with van der Waals surface area (Å²) in [6, 6.07) is 9.73. The number of aromatic nitrogens is 3. The van der Waals surface area contributed by atoms with Crippen LogP contribution in [0.2, 0.25) is 5.02 Å². The molecule has 2 aromatic heterocycles. The Morgan fingerprint density at radius 3 is 2.90 bits per heavy atom. The van der Waals surface area contributed by atoms with E-state index < -0.39 is 5.82 Å². The highest BCUT2D eigenvalue weighted by atomic mass is 35.5. The van der Waals surface area contributed by atoms with E-state index in [1.807, 2.05) is 6.07 Å². The van der Waals surface area contributed by atoms with E-state index in [1.54, 1.807) is 30.5 Å². The Labute approximate surface area is 124 Å². The van der Waals surface area contributed by atoms with Crippen molar-refractivity contribution in [2.75, 3.05) is 11.9 Å². The van der Waals surface area contributed by atoms with Gasteiger partial charge in [0.15, 0.2) is 5.65 Å². The summed E-state index contributed by atoms with van der Waals surface area (Å²) in [5.74, 6) is -0.426. The molecule has 0 aliphatic rings. The molecular formula is C14H12ClFN4O. The van der Waals surface area contributed by atoms with Crippen molar-refractivity contribution in [2.24, 2.45) is 0 Å². The second-order valence-corrected chi connectivity index (χ2v) is 4.92. The molecule has 0 atom stereocenters. The molecule has 0 radical (unpaired) electrons. The number of halogens is 2. The average molecular weight is 307 g/mol. The molecule has 108 valence electrons. The van der Waals surface area contributed by atoms with Crippen molar-refractivity contribution >= 4 is 22.9 Å². The average Bonchev–Trinajstić information content (AvgIpc) is 2.79. The molecule has 0 amide bonds. The summed E-state index contributed by atoms with van der Waals surface area (Å²) in [5.41, 5.74) is 0.709. The molecule has 1 N–H and O–H groups in total. The first-order chi connectivity index (χ1) is 10.1. The van der Waals surface area contributed by atoms with E-state index in [0.717, 1.165) is 0 Å². The van der Waals surface area contributed by atoms with E-state index in [9.17, 15) is 9.18 Å². The molecule has 3 rings (SSSR count). The molecule has 0 saturated carbocycles. The Kier molecular flexibility index (Phi) is 3.62. The lowest BCUT2D eigenvalue weighted by atomic mass is 10.3. The van der Waals surface area contributed by atoms with Crippen LogP contribution in [0, 0.1) is 5.82 Å². The third-order valence-electron chi connectivity index (χ3n) is 3.06. The molecule has 0 fully saturated rings. The van der Waals surface area contributed by atoms with Crippen LogP contribution in [0.1, 0.15) is 0 Å². The van der Waals surface area contributed by atoms with E-state index in [0.29, 0.717) is 29.4 Å². The van der Waals surface area contributed by atoms with Gasteiger partial charge in [0.05, 0.1) is 12.2 Å². The summed E-state index contributed by atoms with van der Waals surface area (Å²) < 4.78 is 16.4. The van der Waals surface area contributed by atoms with Crippen molar-refractivity contribution < 1.29 is 4.39 Å². The van der Waals surface area contributed by atoms with Crippen LogP contribution in [0.25, 0.3) is 5.65 Å². The highest BCUT2D eigenvalue weighted by Gasteiger charge is 2.06. The van der Waals surface area contributed by atoms with Gasteiger partial charge in [-0.15, -0.1) is 5.10 Å². The van der Waals surface area contributed by atoms with Gasteiger partial charge < -0.3 is 5.32 Å². The van der Waals surface area contributed by atoms with Crippen molar-refractivity contribution in [3.05, 3.63) is 63.9 Å². The summed E-state index contributed by atoms with van der Waals surface area (Å²) >= 11 is 5.69. The molecular weight excluding hydrogens is 295 g/mol. The zero-order valence-corrected chi connectivity index (χ0v) is 11.7. The first-order valence-electron chi connectivity index (χ1n) is 6.38. The maximum atomic E-state index is 13.6. The van der Waals surface area contributed by atoms with Crippen LogP contribution in [0.5, 0.6) is 0 Å². The Balaban J connectivity index is 1.72. The van der Waals surface area contributed by atoms with Crippen LogP contribution >= 0.6 is 11.6 Å². The molecule has 7 heteroatoms. The fourth-order valence-corrected chi connectivity index (χ4v) is 2.20. The summed E-state index contributed by atoms with van der Waals surface area (Å²) in [4.78, 5) is 12.0. The first kappa shape index (κ1) is 13.6. The lowest BCUT2D eigenvalue weighted by molar-refractivity contribution is 0.605. The molecule has 0 spiro atoms. The van der Waals surface area contributed by atoms with E-state index >= 15 is 0 Å². The van der Waals surface area contributed by atoms with E-state index in [2.05, 4.69) is 10.4 Å². The largest absolute Gasteiger partial charge is 0.381 e. The van der Waals surface area contributed by atoms with Crippen LogP contribution in [0.4, 0.5) is 10.1 Å². The number of nitrogens with one attached hydrogen (secondary N) is 1. The normalized spacial score (nSPS) is 11.0. The van der Waals surface area contributed by atoms with Crippen molar-refractivity contribution in [1.82, 2.24) is 14.2 Å². The minimum Gasteiger partial charge on any atom is -0.381 e. The Bertz CT molecular complexity index is 842. The monoisotopic (exact) mass is 306 g/mol. The van der Waals surface area contributed by atoms with Crippen LogP contribution in [0.15, 0.2) is 47.4 Å². The van der Waals surface area contributed by atoms with Crippen molar-refractivity contribution in [3.63, 3.8) is 0 Å². The molecule has 0 bridgehead atoms. The van der Waals surface area contributed by atoms with Gasteiger partial charge in [0.2, 0.25) is 0 Å².